The summed E-state index contributed by atoms with van der Waals surface area (Å²) in [6, 6.07) is 0. The molecule has 0 radical (unpaired) electrons. The second-order valence-electron chi connectivity index (χ2n) is 2.46. The van der Waals surface area contributed by atoms with Crippen LogP contribution < -0.4 is 4.74 Å². The molecule has 0 bridgehead atoms. The van der Waals surface area contributed by atoms with Crippen LogP contribution in [0.4, 0.5) is 0 Å². The summed E-state index contributed by atoms with van der Waals surface area (Å²) >= 11 is 1.14. The maximum absolute atomic E-state index is 10.9. The number of aryl methyl sites for hydroxylation is 1. The van der Waals surface area contributed by atoms with Crippen molar-refractivity contribution in [2.75, 3.05) is 6.61 Å². The first-order chi connectivity index (χ1) is 6.49. The van der Waals surface area contributed by atoms with Gasteiger partial charge < -0.3 is 4.74 Å². The molecule has 0 amide bonds. The van der Waals surface area contributed by atoms with Gasteiger partial charge in [0.1, 0.15) is 0 Å². The second kappa shape index (κ2) is 4.24. The van der Waals surface area contributed by atoms with E-state index in [0.717, 1.165) is 11.3 Å². The van der Waals surface area contributed by atoms with Crippen LogP contribution in [0.2, 0.25) is 0 Å². The van der Waals surface area contributed by atoms with E-state index in [1.165, 1.54) is 0 Å². The van der Waals surface area contributed by atoms with Crippen molar-refractivity contribution in [2.24, 2.45) is 0 Å². The van der Waals surface area contributed by atoms with Gasteiger partial charge in [-0.1, -0.05) is 18.3 Å². The van der Waals surface area contributed by atoms with Crippen LogP contribution in [0.1, 0.15) is 18.9 Å². The van der Waals surface area contributed by atoms with Gasteiger partial charge in [0.2, 0.25) is 10.1 Å². The minimum atomic E-state index is -4.27. The van der Waals surface area contributed by atoms with E-state index in [0.29, 0.717) is 18.0 Å². The van der Waals surface area contributed by atoms with Crippen LogP contribution in [-0.2, 0) is 16.5 Å². The lowest BCUT2D eigenvalue weighted by molar-refractivity contribution is 0.337. The number of aromatic nitrogens is 1. The highest BCUT2D eigenvalue weighted by atomic mass is 32.2. The fourth-order valence-corrected chi connectivity index (χ4v) is 2.67. The molecule has 1 aromatic rings. The number of hydrogen-bond acceptors (Lipinski definition) is 5. The molecule has 0 aliphatic carbocycles. The summed E-state index contributed by atoms with van der Waals surface area (Å²) in [5.74, 6) is 0. The Morgan fingerprint density at radius 1 is 1.50 bits per heavy atom. The Hall–Kier alpha value is -0.660. The Labute approximate surface area is 86.5 Å². The van der Waals surface area contributed by atoms with Crippen molar-refractivity contribution in [3.8, 4) is 5.06 Å². The lowest BCUT2D eigenvalue weighted by Gasteiger charge is -1.98. The second-order valence-corrected chi connectivity index (χ2v) is 4.84. The molecule has 0 atom stereocenters. The summed E-state index contributed by atoms with van der Waals surface area (Å²) < 4.78 is 35.7. The van der Waals surface area contributed by atoms with Gasteiger partial charge in [-0.15, -0.1) is 0 Å². The van der Waals surface area contributed by atoms with Crippen LogP contribution in [0, 0.1) is 0 Å². The fourth-order valence-electron chi connectivity index (χ4n) is 0.869. The average Bonchev–Trinajstić information content (AvgIpc) is 2.48. The van der Waals surface area contributed by atoms with Crippen LogP contribution in [0.15, 0.2) is 5.03 Å². The number of rotatable bonds is 4. The SMILES string of the molecule is CCOc1sc(CC)nc1S(=O)(=O)O. The number of thiazole rings is 1. The monoisotopic (exact) mass is 237 g/mol. The van der Waals surface area contributed by atoms with Crippen molar-refractivity contribution in [3.05, 3.63) is 5.01 Å². The van der Waals surface area contributed by atoms with E-state index in [-0.39, 0.29) is 10.1 Å². The standard InChI is InChI=1S/C7H11NO4S2/c1-3-5-8-6(14(9,10)11)7(13-5)12-4-2/h3-4H2,1-2H3,(H,9,10,11). The molecule has 80 valence electrons. The predicted octanol–water partition coefficient (Wildman–Crippen LogP) is 1.35. The highest BCUT2D eigenvalue weighted by Crippen LogP contribution is 2.30. The molecule has 1 N–H and O–H groups in total. The summed E-state index contributed by atoms with van der Waals surface area (Å²) in [7, 11) is -4.27. The highest BCUT2D eigenvalue weighted by Gasteiger charge is 2.22. The van der Waals surface area contributed by atoms with E-state index in [1.807, 2.05) is 6.92 Å². The summed E-state index contributed by atoms with van der Waals surface area (Å²) in [5, 5.41) is 0.411. The third kappa shape index (κ3) is 2.43. The molecule has 0 saturated carbocycles. The quantitative estimate of drug-likeness (QED) is 0.800. The molecular formula is C7H11NO4S2. The van der Waals surface area contributed by atoms with Gasteiger partial charge in [0.25, 0.3) is 0 Å². The fraction of sp³-hybridized carbons (Fsp3) is 0.571. The smallest absolute Gasteiger partial charge is 0.316 e. The van der Waals surface area contributed by atoms with E-state index in [1.54, 1.807) is 6.92 Å². The molecular weight excluding hydrogens is 226 g/mol. The van der Waals surface area contributed by atoms with Gasteiger partial charge in [0.15, 0.2) is 0 Å². The van der Waals surface area contributed by atoms with Crippen molar-refractivity contribution >= 4 is 21.5 Å². The molecule has 0 spiro atoms. The summed E-state index contributed by atoms with van der Waals surface area (Å²) in [6.45, 7) is 3.93. The Morgan fingerprint density at radius 3 is 2.57 bits per heavy atom. The van der Waals surface area contributed by atoms with Gasteiger partial charge in [-0.3, -0.25) is 4.55 Å². The largest absolute Gasteiger partial charge is 0.482 e. The zero-order chi connectivity index (χ0) is 10.8. The van der Waals surface area contributed by atoms with Crippen molar-refractivity contribution in [3.63, 3.8) is 0 Å². The first kappa shape index (κ1) is 11.4. The minimum Gasteiger partial charge on any atom is -0.482 e. The zero-order valence-electron chi connectivity index (χ0n) is 7.85. The maximum Gasteiger partial charge on any atom is 0.316 e. The van der Waals surface area contributed by atoms with Gasteiger partial charge in [0.05, 0.1) is 11.6 Å². The van der Waals surface area contributed by atoms with Crippen molar-refractivity contribution in [1.29, 1.82) is 0 Å². The van der Waals surface area contributed by atoms with Crippen molar-refractivity contribution in [1.82, 2.24) is 4.98 Å². The average molecular weight is 237 g/mol. The van der Waals surface area contributed by atoms with E-state index in [2.05, 4.69) is 4.98 Å². The molecule has 14 heavy (non-hydrogen) atoms. The lowest BCUT2D eigenvalue weighted by Crippen LogP contribution is -2.02. The molecule has 5 nitrogen and oxygen atoms in total. The zero-order valence-corrected chi connectivity index (χ0v) is 9.48. The van der Waals surface area contributed by atoms with Crippen LogP contribution in [-0.4, -0.2) is 24.6 Å². The molecule has 0 unspecified atom stereocenters. The normalized spacial score (nSPS) is 11.6. The van der Waals surface area contributed by atoms with E-state index in [9.17, 15) is 8.42 Å². The Kier molecular flexibility index (Phi) is 3.46. The first-order valence-corrected chi connectivity index (χ1v) is 6.34. The Morgan fingerprint density at radius 2 is 2.14 bits per heavy atom. The van der Waals surface area contributed by atoms with Gasteiger partial charge in [-0.05, 0) is 13.3 Å². The summed E-state index contributed by atoms with van der Waals surface area (Å²) in [6.07, 6.45) is 0.611. The third-order valence-corrected chi connectivity index (χ3v) is 3.44. The van der Waals surface area contributed by atoms with E-state index >= 15 is 0 Å². The number of nitrogens with zero attached hydrogens (tertiary/aromatic N) is 1. The van der Waals surface area contributed by atoms with Gasteiger partial charge in [-0.25, -0.2) is 4.98 Å². The lowest BCUT2D eigenvalue weighted by atomic mass is 10.5. The molecule has 7 heteroatoms. The van der Waals surface area contributed by atoms with Crippen LogP contribution in [0.5, 0.6) is 5.06 Å². The highest BCUT2D eigenvalue weighted by molar-refractivity contribution is 7.86. The van der Waals surface area contributed by atoms with E-state index < -0.39 is 10.1 Å². The molecule has 0 saturated heterocycles. The van der Waals surface area contributed by atoms with Gasteiger partial charge >= 0.3 is 10.1 Å². The van der Waals surface area contributed by atoms with Crippen LogP contribution in [0.3, 0.4) is 0 Å². The first-order valence-electron chi connectivity index (χ1n) is 4.09. The van der Waals surface area contributed by atoms with Crippen LogP contribution in [0.25, 0.3) is 0 Å². The van der Waals surface area contributed by atoms with E-state index in [4.69, 9.17) is 9.29 Å². The van der Waals surface area contributed by atoms with Gasteiger partial charge in [0, 0.05) is 0 Å². The third-order valence-electron chi connectivity index (χ3n) is 1.43. The molecule has 0 aliphatic rings. The van der Waals surface area contributed by atoms with Gasteiger partial charge in [-0.2, -0.15) is 8.42 Å². The summed E-state index contributed by atoms with van der Waals surface area (Å²) in [4.78, 5) is 3.77. The Balaban J connectivity index is 3.19. The topological polar surface area (TPSA) is 76.5 Å². The van der Waals surface area contributed by atoms with Crippen molar-refractivity contribution in [2.45, 2.75) is 25.3 Å². The number of ether oxygens (including phenoxy) is 1. The van der Waals surface area contributed by atoms with Crippen LogP contribution >= 0.6 is 11.3 Å². The molecule has 1 aromatic heterocycles. The maximum atomic E-state index is 10.9. The predicted molar refractivity (Wildman–Crippen MR) is 52.5 cm³/mol. The molecule has 1 heterocycles. The molecule has 0 aromatic carbocycles. The number of hydrogen-bond donors (Lipinski definition) is 1. The Bertz CT molecular complexity index is 409. The molecule has 1 rings (SSSR count). The summed E-state index contributed by atoms with van der Waals surface area (Å²) in [5.41, 5.74) is 0. The molecule has 0 fully saturated rings. The minimum absolute atomic E-state index is 0.159. The van der Waals surface area contributed by atoms with Crippen molar-refractivity contribution < 1.29 is 17.7 Å². The molecule has 0 aliphatic heterocycles.